The quantitative estimate of drug-likeness (QED) is 0.528. The van der Waals surface area contributed by atoms with E-state index in [1.165, 1.54) is 0 Å². The largest absolute Gasteiger partial charge is 0.348 e. The summed E-state index contributed by atoms with van der Waals surface area (Å²) in [6, 6.07) is 27.4. The molecule has 4 nitrogen and oxygen atoms in total. The molecule has 30 heavy (non-hydrogen) atoms. The van der Waals surface area contributed by atoms with Crippen LogP contribution in [0.1, 0.15) is 34.8 Å². The summed E-state index contributed by atoms with van der Waals surface area (Å²) in [4.78, 5) is 27.1. The molecule has 3 rings (SSSR count). The van der Waals surface area contributed by atoms with E-state index < -0.39 is 0 Å². The van der Waals surface area contributed by atoms with Crippen LogP contribution >= 0.6 is 0 Å². The number of carbonyl (C=O) groups excluding carboxylic acids is 2. The Morgan fingerprint density at radius 2 is 1.33 bits per heavy atom. The van der Waals surface area contributed by atoms with Gasteiger partial charge in [0.05, 0.1) is 6.04 Å². The molecule has 1 N–H and O–H groups in total. The molecule has 3 aromatic carbocycles. The third-order valence-electron chi connectivity index (χ3n) is 4.98. The first-order valence-corrected chi connectivity index (χ1v) is 10.2. The zero-order chi connectivity index (χ0) is 21.3. The lowest BCUT2D eigenvalue weighted by atomic mass is 10.0. The van der Waals surface area contributed by atoms with Gasteiger partial charge >= 0.3 is 0 Å². The summed E-state index contributed by atoms with van der Waals surface area (Å²) in [5, 5.41) is 3.07. The summed E-state index contributed by atoms with van der Waals surface area (Å²) in [6.45, 7) is 0.699. The Morgan fingerprint density at radius 1 is 0.767 bits per heavy atom. The molecule has 0 aliphatic rings. The summed E-state index contributed by atoms with van der Waals surface area (Å²) in [6.07, 6.45) is 0.371. The maximum absolute atomic E-state index is 12.5. The molecule has 0 aromatic heterocycles. The van der Waals surface area contributed by atoms with Crippen LogP contribution in [0.25, 0.3) is 11.1 Å². The number of Topliss-reactive ketones (excluding diaryl/α,β-unsaturated/α-hetero) is 1. The van der Waals surface area contributed by atoms with Gasteiger partial charge in [0.1, 0.15) is 0 Å². The monoisotopic (exact) mass is 400 g/mol. The summed E-state index contributed by atoms with van der Waals surface area (Å²) in [7, 11) is 3.95. The van der Waals surface area contributed by atoms with E-state index in [2.05, 4.69) is 5.32 Å². The number of hydrogen-bond donors (Lipinski definition) is 1. The fourth-order valence-corrected chi connectivity index (χ4v) is 3.40. The molecule has 4 heteroatoms. The van der Waals surface area contributed by atoms with Crippen LogP contribution in [0.2, 0.25) is 0 Å². The van der Waals surface area contributed by atoms with Crippen molar-refractivity contribution >= 4 is 11.7 Å². The number of ketones is 1. The van der Waals surface area contributed by atoms with E-state index in [4.69, 9.17) is 0 Å². The molecular formula is C26H28N2O2. The minimum atomic E-state index is -0.111. The molecule has 0 unspecified atom stereocenters. The number of nitrogens with one attached hydrogen (secondary N) is 1. The predicted molar refractivity (Wildman–Crippen MR) is 121 cm³/mol. The van der Waals surface area contributed by atoms with E-state index in [1.54, 1.807) is 0 Å². The van der Waals surface area contributed by atoms with Gasteiger partial charge in [-0.3, -0.25) is 9.59 Å². The molecule has 1 atom stereocenters. The van der Waals surface area contributed by atoms with Crippen LogP contribution in [0.5, 0.6) is 0 Å². The van der Waals surface area contributed by atoms with Crippen molar-refractivity contribution in [2.24, 2.45) is 0 Å². The van der Waals surface area contributed by atoms with E-state index in [-0.39, 0.29) is 30.6 Å². The predicted octanol–water partition coefficient (Wildman–Crippen LogP) is 4.74. The standard InChI is InChI=1S/C26H28N2O2/c1-28(2)19-24(22-11-7-4-8-12-22)27-26(30)18-17-25(29)23-15-13-21(14-16-23)20-9-5-3-6-10-20/h3-16,24H,17-19H2,1-2H3,(H,27,30)/t24-/m0/s1. The third kappa shape index (κ3) is 6.13. The van der Waals surface area contributed by atoms with Gasteiger partial charge in [-0.1, -0.05) is 84.9 Å². The fourth-order valence-electron chi connectivity index (χ4n) is 3.40. The van der Waals surface area contributed by atoms with Gasteiger partial charge in [-0.05, 0) is 30.8 Å². The molecule has 154 valence electrons. The SMILES string of the molecule is CN(C)C[C@H](NC(=O)CCC(=O)c1ccc(-c2ccccc2)cc1)c1ccccc1. The van der Waals surface area contributed by atoms with Crippen molar-refractivity contribution in [3.8, 4) is 11.1 Å². The average Bonchev–Trinajstić information content (AvgIpc) is 2.78. The maximum Gasteiger partial charge on any atom is 0.220 e. The number of nitrogens with zero attached hydrogens (tertiary/aromatic N) is 1. The Balaban J connectivity index is 1.56. The maximum atomic E-state index is 12.5. The molecule has 1 amide bonds. The minimum Gasteiger partial charge on any atom is -0.348 e. The summed E-state index contributed by atoms with van der Waals surface area (Å²) < 4.78 is 0. The van der Waals surface area contributed by atoms with Gasteiger partial charge in [0.25, 0.3) is 0 Å². The molecule has 0 heterocycles. The Hall–Kier alpha value is -3.24. The molecule has 0 aliphatic carbocycles. The molecule has 0 saturated heterocycles. The van der Waals surface area contributed by atoms with E-state index in [1.807, 2.05) is 104 Å². The van der Waals surface area contributed by atoms with Crippen molar-refractivity contribution in [1.82, 2.24) is 10.2 Å². The van der Waals surface area contributed by atoms with Crippen molar-refractivity contribution in [3.05, 3.63) is 96.1 Å². The van der Waals surface area contributed by atoms with E-state index >= 15 is 0 Å². The fraction of sp³-hybridized carbons (Fsp3) is 0.231. The first-order chi connectivity index (χ1) is 14.5. The van der Waals surface area contributed by atoms with Gasteiger partial charge in [0, 0.05) is 24.9 Å². The second-order valence-electron chi connectivity index (χ2n) is 7.66. The van der Waals surface area contributed by atoms with Crippen LogP contribution in [0.4, 0.5) is 0 Å². The topological polar surface area (TPSA) is 49.4 Å². The zero-order valence-corrected chi connectivity index (χ0v) is 17.5. The number of rotatable bonds is 9. The van der Waals surface area contributed by atoms with Crippen LogP contribution in [-0.2, 0) is 4.79 Å². The van der Waals surface area contributed by atoms with E-state index in [0.29, 0.717) is 12.1 Å². The molecule has 0 radical (unpaired) electrons. The first kappa shape index (κ1) is 21.5. The highest BCUT2D eigenvalue weighted by Gasteiger charge is 2.16. The van der Waals surface area contributed by atoms with Crippen LogP contribution < -0.4 is 5.32 Å². The summed E-state index contributed by atoms with van der Waals surface area (Å²) >= 11 is 0. The average molecular weight is 401 g/mol. The van der Waals surface area contributed by atoms with Gasteiger partial charge in [-0.2, -0.15) is 0 Å². The van der Waals surface area contributed by atoms with Crippen molar-refractivity contribution in [2.75, 3.05) is 20.6 Å². The Morgan fingerprint density at radius 3 is 1.93 bits per heavy atom. The van der Waals surface area contributed by atoms with E-state index in [9.17, 15) is 9.59 Å². The lowest BCUT2D eigenvalue weighted by Gasteiger charge is -2.23. The highest BCUT2D eigenvalue weighted by molar-refractivity contribution is 5.98. The zero-order valence-electron chi connectivity index (χ0n) is 17.5. The third-order valence-corrected chi connectivity index (χ3v) is 4.98. The molecule has 0 spiro atoms. The van der Waals surface area contributed by atoms with Crippen LogP contribution in [-0.4, -0.2) is 37.2 Å². The molecule has 0 saturated carbocycles. The van der Waals surface area contributed by atoms with Gasteiger partial charge in [0.15, 0.2) is 5.78 Å². The second kappa shape index (κ2) is 10.5. The van der Waals surface area contributed by atoms with Crippen molar-refractivity contribution < 1.29 is 9.59 Å². The number of carbonyl (C=O) groups is 2. The van der Waals surface area contributed by atoms with Crippen molar-refractivity contribution in [3.63, 3.8) is 0 Å². The van der Waals surface area contributed by atoms with Crippen LogP contribution in [0.3, 0.4) is 0 Å². The van der Waals surface area contributed by atoms with Crippen LogP contribution in [0.15, 0.2) is 84.9 Å². The molecule has 0 bridgehead atoms. The summed E-state index contributed by atoms with van der Waals surface area (Å²) in [5.41, 5.74) is 3.88. The normalized spacial score (nSPS) is 11.8. The Bertz CT molecular complexity index is 951. The number of likely N-dealkylation sites (N-methyl/N-ethyl adjacent to an activating group) is 1. The number of benzene rings is 3. The summed E-state index contributed by atoms with van der Waals surface area (Å²) in [5.74, 6) is -0.131. The Kier molecular flexibility index (Phi) is 7.52. The molecular weight excluding hydrogens is 372 g/mol. The van der Waals surface area contributed by atoms with Gasteiger partial charge < -0.3 is 10.2 Å². The smallest absolute Gasteiger partial charge is 0.220 e. The lowest BCUT2D eigenvalue weighted by molar-refractivity contribution is -0.121. The van der Waals surface area contributed by atoms with Crippen molar-refractivity contribution in [2.45, 2.75) is 18.9 Å². The van der Waals surface area contributed by atoms with Gasteiger partial charge in [-0.15, -0.1) is 0 Å². The first-order valence-electron chi connectivity index (χ1n) is 10.2. The highest BCUT2D eigenvalue weighted by Crippen LogP contribution is 2.20. The molecule has 0 aliphatic heterocycles. The number of amides is 1. The number of hydrogen-bond acceptors (Lipinski definition) is 3. The van der Waals surface area contributed by atoms with Crippen LogP contribution in [0, 0.1) is 0 Å². The minimum absolute atomic E-state index is 0.0198. The molecule has 3 aromatic rings. The highest BCUT2D eigenvalue weighted by atomic mass is 16.2. The van der Waals surface area contributed by atoms with Gasteiger partial charge in [-0.25, -0.2) is 0 Å². The Labute approximate surface area is 178 Å². The second-order valence-corrected chi connectivity index (χ2v) is 7.66. The molecule has 0 fully saturated rings. The lowest BCUT2D eigenvalue weighted by Crippen LogP contribution is -2.35. The van der Waals surface area contributed by atoms with Crippen molar-refractivity contribution in [1.29, 1.82) is 0 Å². The van der Waals surface area contributed by atoms with E-state index in [0.717, 1.165) is 16.7 Å². The van der Waals surface area contributed by atoms with Gasteiger partial charge in [0.2, 0.25) is 5.91 Å².